The van der Waals surface area contributed by atoms with E-state index in [-0.39, 0.29) is 12.3 Å². The predicted octanol–water partition coefficient (Wildman–Crippen LogP) is 3.07. The van der Waals surface area contributed by atoms with Crippen molar-refractivity contribution in [1.82, 2.24) is 9.78 Å². The van der Waals surface area contributed by atoms with E-state index in [0.717, 1.165) is 11.3 Å². The number of ether oxygens (including phenoxy) is 2. The molecule has 128 valence electrons. The maximum atomic E-state index is 12.3. The van der Waals surface area contributed by atoms with Crippen molar-refractivity contribution >= 4 is 11.7 Å². The van der Waals surface area contributed by atoms with Gasteiger partial charge in [0.1, 0.15) is 0 Å². The van der Waals surface area contributed by atoms with Crippen LogP contribution in [-0.4, -0.2) is 29.9 Å². The Morgan fingerprint density at radius 2 is 1.84 bits per heavy atom. The van der Waals surface area contributed by atoms with Gasteiger partial charge >= 0.3 is 0 Å². The summed E-state index contributed by atoms with van der Waals surface area (Å²) in [6.07, 6.45) is 1.97. The van der Waals surface area contributed by atoms with E-state index in [4.69, 9.17) is 9.47 Å². The van der Waals surface area contributed by atoms with Gasteiger partial charge in [-0.25, -0.2) is 4.68 Å². The summed E-state index contributed by atoms with van der Waals surface area (Å²) in [5.74, 6) is 1.48. The third-order valence-corrected chi connectivity index (χ3v) is 3.71. The molecular formula is C19H19N3O3. The molecule has 0 atom stereocenters. The summed E-state index contributed by atoms with van der Waals surface area (Å²) in [4.78, 5) is 12.3. The highest BCUT2D eigenvalue weighted by Gasteiger charge is 2.14. The number of nitrogens with zero attached hydrogens (tertiary/aromatic N) is 2. The zero-order chi connectivity index (χ0) is 17.6. The second kappa shape index (κ2) is 7.53. The van der Waals surface area contributed by atoms with Gasteiger partial charge in [-0.15, -0.1) is 0 Å². The molecule has 0 saturated heterocycles. The molecule has 1 heterocycles. The average Bonchev–Trinajstić information content (AvgIpc) is 3.10. The molecule has 3 aromatic rings. The summed E-state index contributed by atoms with van der Waals surface area (Å²) in [6.45, 7) is 0. The summed E-state index contributed by atoms with van der Waals surface area (Å²) in [6, 6.07) is 16.9. The average molecular weight is 337 g/mol. The van der Waals surface area contributed by atoms with Crippen molar-refractivity contribution in [2.75, 3.05) is 19.5 Å². The third-order valence-electron chi connectivity index (χ3n) is 3.71. The van der Waals surface area contributed by atoms with Crippen LogP contribution in [0.2, 0.25) is 0 Å². The second-order valence-corrected chi connectivity index (χ2v) is 5.36. The number of nitrogens with one attached hydrogen (secondary N) is 1. The monoisotopic (exact) mass is 337 g/mol. The van der Waals surface area contributed by atoms with Gasteiger partial charge in [0.15, 0.2) is 17.3 Å². The lowest BCUT2D eigenvalue weighted by molar-refractivity contribution is -0.115. The smallest absolute Gasteiger partial charge is 0.230 e. The lowest BCUT2D eigenvalue weighted by atomic mass is 10.1. The highest BCUT2D eigenvalue weighted by Crippen LogP contribution is 2.31. The van der Waals surface area contributed by atoms with Crippen molar-refractivity contribution in [2.45, 2.75) is 6.42 Å². The summed E-state index contributed by atoms with van der Waals surface area (Å²) in [5, 5.41) is 7.17. The number of hydrogen-bond donors (Lipinski definition) is 1. The van der Waals surface area contributed by atoms with Gasteiger partial charge in [-0.3, -0.25) is 4.79 Å². The molecule has 0 spiro atoms. The normalized spacial score (nSPS) is 10.3. The molecule has 25 heavy (non-hydrogen) atoms. The van der Waals surface area contributed by atoms with Gasteiger partial charge in [-0.05, 0) is 18.2 Å². The Morgan fingerprint density at radius 3 is 2.56 bits per heavy atom. The molecule has 0 aliphatic carbocycles. The number of amides is 1. The van der Waals surface area contributed by atoms with Gasteiger partial charge in [0.05, 0.1) is 26.3 Å². The molecule has 0 aliphatic heterocycles. The minimum absolute atomic E-state index is 0.165. The molecule has 2 aromatic carbocycles. The van der Waals surface area contributed by atoms with E-state index in [9.17, 15) is 4.79 Å². The van der Waals surface area contributed by atoms with Crippen LogP contribution in [0.3, 0.4) is 0 Å². The Hall–Kier alpha value is -3.28. The SMILES string of the molecule is COc1cccc(CC(=O)Nc2ccn(-c3ccccc3)n2)c1OC. The Balaban J connectivity index is 1.71. The fourth-order valence-electron chi connectivity index (χ4n) is 2.57. The van der Waals surface area contributed by atoms with Crippen molar-refractivity contribution in [1.29, 1.82) is 0 Å². The lowest BCUT2D eigenvalue weighted by Crippen LogP contribution is -2.15. The first-order chi connectivity index (χ1) is 12.2. The van der Waals surface area contributed by atoms with E-state index < -0.39 is 0 Å². The maximum Gasteiger partial charge on any atom is 0.230 e. The number of methoxy groups -OCH3 is 2. The number of aromatic nitrogens is 2. The van der Waals surface area contributed by atoms with Crippen molar-refractivity contribution in [3.05, 3.63) is 66.4 Å². The summed E-state index contributed by atoms with van der Waals surface area (Å²) >= 11 is 0. The molecule has 3 rings (SSSR count). The van der Waals surface area contributed by atoms with Crippen molar-refractivity contribution in [2.24, 2.45) is 0 Å². The zero-order valence-corrected chi connectivity index (χ0v) is 14.1. The van der Waals surface area contributed by atoms with Crippen LogP contribution in [-0.2, 0) is 11.2 Å². The minimum atomic E-state index is -0.176. The van der Waals surface area contributed by atoms with Crippen LogP contribution in [0.5, 0.6) is 11.5 Å². The predicted molar refractivity (Wildman–Crippen MR) is 95.4 cm³/mol. The van der Waals surface area contributed by atoms with Crippen LogP contribution >= 0.6 is 0 Å². The number of carbonyl (C=O) groups is 1. The summed E-state index contributed by atoms with van der Waals surface area (Å²) < 4.78 is 12.3. The fourth-order valence-corrected chi connectivity index (χ4v) is 2.57. The van der Waals surface area contributed by atoms with Crippen molar-refractivity contribution in [3.63, 3.8) is 0 Å². The Kier molecular flexibility index (Phi) is 4.99. The van der Waals surface area contributed by atoms with E-state index in [0.29, 0.717) is 17.3 Å². The van der Waals surface area contributed by atoms with E-state index >= 15 is 0 Å². The Morgan fingerprint density at radius 1 is 1.04 bits per heavy atom. The molecule has 1 amide bonds. The van der Waals surface area contributed by atoms with Crippen LogP contribution < -0.4 is 14.8 Å². The molecule has 6 heteroatoms. The number of anilines is 1. The van der Waals surface area contributed by atoms with Gasteiger partial charge in [0.25, 0.3) is 0 Å². The van der Waals surface area contributed by atoms with Gasteiger partial charge in [-0.2, -0.15) is 5.10 Å². The Labute approximate surface area is 146 Å². The molecular weight excluding hydrogens is 318 g/mol. The summed E-state index contributed by atoms with van der Waals surface area (Å²) in [5.41, 5.74) is 1.68. The fraction of sp³-hybridized carbons (Fsp3) is 0.158. The molecule has 0 aliphatic rings. The van der Waals surface area contributed by atoms with E-state index in [1.807, 2.05) is 42.5 Å². The van der Waals surface area contributed by atoms with Crippen LogP contribution in [0.25, 0.3) is 5.69 Å². The van der Waals surface area contributed by atoms with Crippen molar-refractivity contribution in [3.8, 4) is 17.2 Å². The standard InChI is InChI=1S/C19H19N3O3/c1-24-16-10-6-7-14(19(16)25-2)13-18(23)20-17-11-12-22(21-17)15-8-4-3-5-9-15/h3-12H,13H2,1-2H3,(H,20,21,23). The topological polar surface area (TPSA) is 65.4 Å². The molecule has 1 N–H and O–H groups in total. The molecule has 0 unspecified atom stereocenters. The Bertz CT molecular complexity index is 859. The number of benzene rings is 2. The number of para-hydroxylation sites is 2. The zero-order valence-electron chi connectivity index (χ0n) is 14.1. The molecule has 0 radical (unpaired) electrons. The quantitative estimate of drug-likeness (QED) is 0.751. The number of carbonyl (C=O) groups excluding carboxylic acids is 1. The van der Waals surface area contributed by atoms with E-state index in [1.165, 1.54) is 0 Å². The van der Waals surface area contributed by atoms with Crippen LogP contribution in [0.15, 0.2) is 60.8 Å². The maximum absolute atomic E-state index is 12.3. The largest absolute Gasteiger partial charge is 0.493 e. The molecule has 1 aromatic heterocycles. The van der Waals surface area contributed by atoms with E-state index in [2.05, 4.69) is 10.4 Å². The lowest BCUT2D eigenvalue weighted by Gasteiger charge is -2.12. The summed E-state index contributed by atoms with van der Waals surface area (Å²) in [7, 11) is 3.12. The van der Waals surface area contributed by atoms with Crippen LogP contribution in [0.4, 0.5) is 5.82 Å². The molecule has 0 saturated carbocycles. The van der Waals surface area contributed by atoms with Gasteiger partial charge < -0.3 is 14.8 Å². The first kappa shape index (κ1) is 16.6. The molecule has 6 nitrogen and oxygen atoms in total. The number of rotatable bonds is 6. The highest BCUT2D eigenvalue weighted by molar-refractivity contribution is 5.91. The van der Waals surface area contributed by atoms with Gasteiger partial charge in [0.2, 0.25) is 5.91 Å². The highest BCUT2D eigenvalue weighted by atomic mass is 16.5. The van der Waals surface area contributed by atoms with Crippen LogP contribution in [0.1, 0.15) is 5.56 Å². The molecule has 0 bridgehead atoms. The second-order valence-electron chi connectivity index (χ2n) is 5.36. The van der Waals surface area contributed by atoms with Crippen LogP contribution in [0, 0.1) is 0 Å². The van der Waals surface area contributed by atoms with Gasteiger partial charge in [0, 0.05) is 17.8 Å². The third kappa shape index (κ3) is 3.80. The number of hydrogen-bond acceptors (Lipinski definition) is 4. The van der Waals surface area contributed by atoms with E-state index in [1.54, 1.807) is 37.2 Å². The van der Waals surface area contributed by atoms with Gasteiger partial charge in [-0.1, -0.05) is 30.3 Å². The van der Waals surface area contributed by atoms with Crippen molar-refractivity contribution < 1.29 is 14.3 Å². The first-order valence-corrected chi connectivity index (χ1v) is 7.82. The molecule has 0 fully saturated rings. The minimum Gasteiger partial charge on any atom is -0.493 e. The first-order valence-electron chi connectivity index (χ1n) is 7.82.